The summed E-state index contributed by atoms with van der Waals surface area (Å²) in [7, 11) is 0. The Bertz CT molecular complexity index is 737. The number of pyridine rings is 1. The van der Waals surface area contributed by atoms with E-state index in [4.69, 9.17) is 0 Å². The van der Waals surface area contributed by atoms with E-state index >= 15 is 0 Å². The van der Waals surface area contributed by atoms with Gasteiger partial charge in [0.25, 0.3) is 5.91 Å². The van der Waals surface area contributed by atoms with Crippen molar-refractivity contribution in [2.24, 2.45) is 0 Å². The van der Waals surface area contributed by atoms with Crippen LogP contribution >= 0.6 is 0 Å². The van der Waals surface area contributed by atoms with Crippen LogP contribution in [0.3, 0.4) is 0 Å². The van der Waals surface area contributed by atoms with Gasteiger partial charge in [-0.15, -0.1) is 0 Å². The van der Waals surface area contributed by atoms with Gasteiger partial charge in [0, 0.05) is 36.7 Å². The monoisotopic (exact) mass is 307 g/mol. The fourth-order valence-electron chi connectivity index (χ4n) is 3.71. The first-order valence-electron chi connectivity index (χ1n) is 8.36. The lowest BCUT2D eigenvalue weighted by Gasteiger charge is -2.23. The van der Waals surface area contributed by atoms with E-state index in [0.29, 0.717) is 5.69 Å². The number of aromatic nitrogens is 1. The SMILES string of the molecule is CC1Cc2ccccc2N1C(=O)c1cc(N2CCCC2)ccn1. The maximum absolute atomic E-state index is 13.0. The zero-order chi connectivity index (χ0) is 15.8. The summed E-state index contributed by atoms with van der Waals surface area (Å²) in [6.07, 6.45) is 5.12. The van der Waals surface area contributed by atoms with Crippen LogP contribution in [0.1, 0.15) is 35.8 Å². The van der Waals surface area contributed by atoms with Crippen molar-refractivity contribution in [3.05, 3.63) is 53.9 Å². The third-order valence-corrected chi connectivity index (χ3v) is 4.86. The van der Waals surface area contributed by atoms with Gasteiger partial charge in [-0.25, -0.2) is 0 Å². The molecule has 1 fully saturated rings. The van der Waals surface area contributed by atoms with E-state index in [9.17, 15) is 4.79 Å². The first-order valence-corrected chi connectivity index (χ1v) is 8.36. The molecule has 4 heteroatoms. The summed E-state index contributed by atoms with van der Waals surface area (Å²) in [5.74, 6) is 0.00324. The number of fused-ring (bicyclic) bond motifs is 1. The van der Waals surface area contributed by atoms with Crippen molar-refractivity contribution < 1.29 is 4.79 Å². The van der Waals surface area contributed by atoms with E-state index in [2.05, 4.69) is 22.9 Å². The van der Waals surface area contributed by atoms with Crippen LogP contribution in [0, 0.1) is 0 Å². The maximum atomic E-state index is 13.0. The molecule has 0 radical (unpaired) electrons. The Hall–Kier alpha value is -2.36. The van der Waals surface area contributed by atoms with Crippen LogP contribution in [0.2, 0.25) is 0 Å². The number of carbonyl (C=O) groups is 1. The number of amides is 1. The summed E-state index contributed by atoms with van der Waals surface area (Å²) >= 11 is 0. The predicted octanol–water partition coefficient (Wildman–Crippen LogP) is 3.27. The van der Waals surface area contributed by atoms with Gasteiger partial charge in [0.05, 0.1) is 0 Å². The quantitative estimate of drug-likeness (QED) is 0.854. The van der Waals surface area contributed by atoms with Crippen LogP contribution in [0.25, 0.3) is 0 Å². The second-order valence-corrected chi connectivity index (χ2v) is 6.45. The predicted molar refractivity (Wildman–Crippen MR) is 92.1 cm³/mol. The van der Waals surface area contributed by atoms with Gasteiger partial charge < -0.3 is 9.80 Å². The minimum absolute atomic E-state index is 0.00324. The number of para-hydroxylation sites is 1. The van der Waals surface area contributed by atoms with E-state index in [-0.39, 0.29) is 11.9 Å². The lowest BCUT2D eigenvalue weighted by molar-refractivity contribution is 0.0976. The molecule has 1 atom stereocenters. The Morgan fingerprint density at radius 3 is 2.78 bits per heavy atom. The van der Waals surface area contributed by atoms with E-state index < -0.39 is 0 Å². The number of rotatable bonds is 2. The number of carbonyl (C=O) groups excluding carboxylic acids is 1. The van der Waals surface area contributed by atoms with Crippen LogP contribution in [-0.2, 0) is 6.42 Å². The molecule has 23 heavy (non-hydrogen) atoms. The maximum Gasteiger partial charge on any atom is 0.277 e. The van der Waals surface area contributed by atoms with Crippen molar-refractivity contribution in [3.63, 3.8) is 0 Å². The van der Waals surface area contributed by atoms with Gasteiger partial charge in [0.15, 0.2) is 0 Å². The molecular formula is C19H21N3O. The van der Waals surface area contributed by atoms with Crippen molar-refractivity contribution in [1.82, 2.24) is 4.98 Å². The second-order valence-electron chi connectivity index (χ2n) is 6.45. The molecule has 0 N–H and O–H groups in total. The standard InChI is InChI=1S/C19H21N3O/c1-14-12-15-6-2-3-7-18(15)22(14)19(23)17-13-16(8-9-20-17)21-10-4-5-11-21/h2-3,6-9,13-14H,4-5,10-12H2,1H3. The molecule has 1 saturated heterocycles. The summed E-state index contributed by atoms with van der Waals surface area (Å²) in [6.45, 7) is 4.24. The van der Waals surface area contributed by atoms with E-state index in [1.165, 1.54) is 18.4 Å². The van der Waals surface area contributed by atoms with Gasteiger partial charge in [0.1, 0.15) is 5.69 Å². The number of anilines is 2. The Labute approximate surface area is 136 Å². The van der Waals surface area contributed by atoms with Gasteiger partial charge >= 0.3 is 0 Å². The van der Waals surface area contributed by atoms with Crippen LogP contribution in [0.5, 0.6) is 0 Å². The minimum Gasteiger partial charge on any atom is -0.371 e. The van der Waals surface area contributed by atoms with E-state index in [1.807, 2.05) is 35.2 Å². The van der Waals surface area contributed by atoms with E-state index in [1.54, 1.807) is 6.20 Å². The molecule has 2 aliphatic heterocycles. The van der Waals surface area contributed by atoms with Crippen LogP contribution in [0.4, 0.5) is 11.4 Å². The number of hydrogen-bond donors (Lipinski definition) is 0. The number of benzene rings is 1. The molecule has 3 heterocycles. The summed E-state index contributed by atoms with van der Waals surface area (Å²) in [4.78, 5) is 21.6. The third-order valence-electron chi connectivity index (χ3n) is 4.86. The van der Waals surface area contributed by atoms with Gasteiger partial charge in [-0.2, -0.15) is 0 Å². The van der Waals surface area contributed by atoms with Crippen molar-refractivity contribution in [2.45, 2.75) is 32.2 Å². The average molecular weight is 307 g/mol. The second kappa shape index (κ2) is 5.69. The average Bonchev–Trinajstić information content (AvgIpc) is 3.21. The summed E-state index contributed by atoms with van der Waals surface area (Å²) < 4.78 is 0. The van der Waals surface area contributed by atoms with Crippen molar-refractivity contribution in [3.8, 4) is 0 Å². The highest BCUT2D eigenvalue weighted by Crippen LogP contribution is 2.33. The van der Waals surface area contributed by atoms with Crippen molar-refractivity contribution >= 4 is 17.3 Å². The molecule has 118 valence electrons. The smallest absolute Gasteiger partial charge is 0.277 e. The molecule has 1 amide bonds. The summed E-state index contributed by atoms with van der Waals surface area (Å²) in [5, 5.41) is 0. The van der Waals surface area contributed by atoms with Crippen molar-refractivity contribution in [2.75, 3.05) is 22.9 Å². The molecule has 0 spiro atoms. The summed E-state index contributed by atoms with van der Waals surface area (Å²) in [6, 6.07) is 12.3. The highest BCUT2D eigenvalue weighted by molar-refractivity contribution is 6.07. The molecule has 0 saturated carbocycles. The largest absolute Gasteiger partial charge is 0.371 e. The molecule has 2 aromatic rings. The van der Waals surface area contributed by atoms with Gasteiger partial charge in [-0.1, -0.05) is 18.2 Å². The minimum atomic E-state index is 0.00324. The van der Waals surface area contributed by atoms with Crippen LogP contribution in [-0.4, -0.2) is 30.0 Å². The van der Waals surface area contributed by atoms with Crippen LogP contribution < -0.4 is 9.80 Å². The normalized spacial score (nSPS) is 20.0. The molecule has 4 rings (SSSR count). The van der Waals surface area contributed by atoms with E-state index in [0.717, 1.165) is 30.9 Å². The van der Waals surface area contributed by atoms with Crippen molar-refractivity contribution in [1.29, 1.82) is 0 Å². The fourth-order valence-corrected chi connectivity index (χ4v) is 3.71. The van der Waals surface area contributed by atoms with Gasteiger partial charge in [-0.3, -0.25) is 9.78 Å². The fraction of sp³-hybridized carbons (Fsp3) is 0.368. The molecule has 0 bridgehead atoms. The lowest BCUT2D eigenvalue weighted by atomic mass is 10.1. The zero-order valence-electron chi connectivity index (χ0n) is 13.4. The Morgan fingerprint density at radius 1 is 1.17 bits per heavy atom. The molecule has 1 aromatic carbocycles. The Balaban J connectivity index is 1.66. The molecule has 2 aliphatic rings. The summed E-state index contributed by atoms with van der Waals surface area (Å²) in [5.41, 5.74) is 3.92. The number of hydrogen-bond acceptors (Lipinski definition) is 3. The first-order chi connectivity index (χ1) is 11.2. The Kier molecular flexibility index (Phi) is 3.52. The lowest BCUT2D eigenvalue weighted by Crippen LogP contribution is -2.36. The molecular weight excluding hydrogens is 286 g/mol. The molecule has 1 aromatic heterocycles. The molecule has 1 unspecified atom stereocenters. The van der Waals surface area contributed by atoms with Crippen LogP contribution in [0.15, 0.2) is 42.6 Å². The highest BCUT2D eigenvalue weighted by Gasteiger charge is 2.32. The zero-order valence-corrected chi connectivity index (χ0v) is 13.4. The molecule has 0 aliphatic carbocycles. The highest BCUT2D eigenvalue weighted by atomic mass is 16.2. The topological polar surface area (TPSA) is 36.4 Å². The Morgan fingerprint density at radius 2 is 1.96 bits per heavy atom. The first kappa shape index (κ1) is 14.2. The molecule has 4 nitrogen and oxygen atoms in total. The van der Waals surface area contributed by atoms with Gasteiger partial charge in [-0.05, 0) is 49.9 Å². The van der Waals surface area contributed by atoms with Gasteiger partial charge in [0.2, 0.25) is 0 Å². The third kappa shape index (κ3) is 2.48. The number of nitrogens with zero attached hydrogens (tertiary/aromatic N) is 3.